The molecule has 1 heterocycles. The second-order valence-corrected chi connectivity index (χ2v) is 18.2. The summed E-state index contributed by atoms with van der Waals surface area (Å²) in [7, 11) is -3.72. The van der Waals surface area contributed by atoms with Crippen molar-refractivity contribution in [1.82, 2.24) is 4.31 Å². The van der Waals surface area contributed by atoms with Crippen molar-refractivity contribution in [2.75, 3.05) is 12.8 Å². The van der Waals surface area contributed by atoms with Gasteiger partial charge in [0.1, 0.15) is 0 Å². The maximum absolute atomic E-state index is 14.5. The third-order valence-electron chi connectivity index (χ3n) is 11.7. The SMILES string of the molecule is CC1=CCCC2(C)C(CCC2(O)CN(Cc2cccc3ccccc23)S(C)(=O)=O)c2ccc(cc2C(=O)c2cc3ccccc3s2)CC(O)CC1. The molecule has 1 fully saturated rings. The van der Waals surface area contributed by atoms with Crippen LogP contribution < -0.4 is 0 Å². The number of fused-ring (bicyclic) bond motifs is 10. The van der Waals surface area contributed by atoms with E-state index in [-0.39, 0.29) is 24.8 Å². The van der Waals surface area contributed by atoms with Crippen LogP contribution in [-0.4, -0.2) is 53.2 Å². The first-order chi connectivity index (χ1) is 24.3. The molecular formula is C43H47NO5S2. The number of rotatable bonds is 7. The molecule has 0 radical (unpaired) electrons. The molecule has 3 aliphatic carbocycles. The fourth-order valence-corrected chi connectivity index (χ4v) is 10.5. The third-order valence-corrected chi connectivity index (χ3v) is 14.0. The smallest absolute Gasteiger partial charge is 0.211 e. The van der Waals surface area contributed by atoms with E-state index in [0.29, 0.717) is 49.0 Å². The van der Waals surface area contributed by atoms with Gasteiger partial charge in [-0.2, -0.15) is 4.31 Å². The Bertz CT molecular complexity index is 2200. The summed E-state index contributed by atoms with van der Waals surface area (Å²) in [5, 5.41) is 27.0. The standard InChI is InChI=1S/C43H47NO5S2/c1-29-10-9-22-42(2)38(21-23-43(42,47)28-44(51(3,48)49)27-33-14-8-13-31-11-4-6-15-35(31)33)36-20-18-30(24-34(45)19-17-29)25-37(36)41(46)40-26-32-12-5-7-16-39(32)50-40/h4-8,10-16,18,20,25-26,34,38,45,47H,9,17,19,21-24,27-28H2,1-3H3. The van der Waals surface area contributed by atoms with E-state index in [0.717, 1.165) is 44.0 Å². The van der Waals surface area contributed by atoms with Gasteiger partial charge in [0, 0.05) is 28.8 Å². The highest BCUT2D eigenvalue weighted by Crippen LogP contribution is 2.59. The maximum Gasteiger partial charge on any atom is 0.211 e. The molecule has 6 nitrogen and oxygen atoms in total. The first kappa shape index (κ1) is 35.7. The number of carbonyl (C=O) groups excluding carboxylic acids is 1. The minimum Gasteiger partial charge on any atom is -0.393 e. The predicted molar refractivity (Wildman–Crippen MR) is 208 cm³/mol. The van der Waals surface area contributed by atoms with Gasteiger partial charge in [0.05, 0.1) is 22.8 Å². The second-order valence-electron chi connectivity index (χ2n) is 15.1. The summed E-state index contributed by atoms with van der Waals surface area (Å²) in [4.78, 5) is 15.2. The second kappa shape index (κ2) is 14.1. The molecule has 2 bridgehead atoms. The molecule has 0 saturated heterocycles. The molecule has 8 rings (SSSR count). The summed E-state index contributed by atoms with van der Waals surface area (Å²) in [5.41, 5.74) is 2.35. The highest BCUT2D eigenvalue weighted by molar-refractivity contribution is 7.88. The van der Waals surface area contributed by atoms with Gasteiger partial charge < -0.3 is 10.2 Å². The number of aliphatic hydroxyl groups excluding tert-OH is 1. The molecule has 266 valence electrons. The van der Waals surface area contributed by atoms with Crippen LogP contribution in [0.5, 0.6) is 0 Å². The van der Waals surface area contributed by atoms with E-state index in [1.54, 1.807) is 0 Å². The zero-order chi connectivity index (χ0) is 36.0. The number of allylic oxidation sites excluding steroid dienone is 2. The minimum absolute atomic E-state index is 0.0470. The van der Waals surface area contributed by atoms with E-state index >= 15 is 0 Å². The summed E-state index contributed by atoms with van der Waals surface area (Å²) < 4.78 is 29.5. The van der Waals surface area contributed by atoms with Crippen molar-refractivity contribution in [3.63, 3.8) is 0 Å². The maximum atomic E-state index is 14.5. The molecule has 0 aliphatic heterocycles. The normalized spacial score (nSPS) is 24.5. The van der Waals surface area contributed by atoms with Crippen LogP contribution in [0.25, 0.3) is 20.9 Å². The molecule has 1 aromatic heterocycles. The van der Waals surface area contributed by atoms with Gasteiger partial charge in [0.2, 0.25) is 15.8 Å². The van der Waals surface area contributed by atoms with Crippen LogP contribution in [-0.2, 0) is 23.0 Å². The van der Waals surface area contributed by atoms with Gasteiger partial charge in [-0.25, -0.2) is 8.42 Å². The fraction of sp³-hybridized carbons (Fsp3) is 0.372. The molecule has 8 heteroatoms. The van der Waals surface area contributed by atoms with Crippen molar-refractivity contribution in [1.29, 1.82) is 0 Å². The monoisotopic (exact) mass is 721 g/mol. The molecule has 3 aliphatic rings. The molecule has 0 amide bonds. The van der Waals surface area contributed by atoms with E-state index in [9.17, 15) is 23.4 Å². The highest BCUT2D eigenvalue weighted by Gasteiger charge is 2.58. The molecule has 1 saturated carbocycles. The first-order valence-electron chi connectivity index (χ1n) is 18.0. The number of nitrogens with zero attached hydrogens (tertiary/aromatic N) is 1. The first-order valence-corrected chi connectivity index (χ1v) is 20.7. The third kappa shape index (κ3) is 7.09. The molecule has 4 aromatic carbocycles. The summed E-state index contributed by atoms with van der Waals surface area (Å²) in [6, 6.07) is 29.9. The van der Waals surface area contributed by atoms with Gasteiger partial charge in [-0.3, -0.25) is 4.79 Å². The molecule has 4 unspecified atom stereocenters. The van der Waals surface area contributed by atoms with Crippen LogP contribution in [0, 0.1) is 5.41 Å². The van der Waals surface area contributed by atoms with Crippen LogP contribution in [0.15, 0.2) is 103 Å². The predicted octanol–water partition coefficient (Wildman–Crippen LogP) is 8.79. The Morgan fingerprint density at radius 3 is 2.47 bits per heavy atom. The minimum atomic E-state index is -3.72. The largest absolute Gasteiger partial charge is 0.393 e. The lowest BCUT2D eigenvalue weighted by Gasteiger charge is -2.45. The zero-order valence-electron chi connectivity index (χ0n) is 29.6. The molecule has 51 heavy (non-hydrogen) atoms. The Morgan fingerprint density at radius 2 is 1.69 bits per heavy atom. The Hall–Kier alpha value is -3.66. The molecule has 2 N–H and O–H groups in total. The Kier molecular flexibility index (Phi) is 9.84. The van der Waals surface area contributed by atoms with Crippen molar-refractivity contribution in [3.8, 4) is 0 Å². The highest BCUT2D eigenvalue weighted by atomic mass is 32.2. The van der Waals surface area contributed by atoms with Gasteiger partial charge in [-0.05, 0) is 109 Å². The van der Waals surface area contributed by atoms with Crippen molar-refractivity contribution in [3.05, 3.63) is 130 Å². The van der Waals surface area contributed by atoms with Gasteiger partial charge >= 0.3 is 0 Å². The van der Waals surface area contributed by atoms with Crippen LogP contribution in [0.1, 0.15) is 90.2 Å². The van der Waals surface area contributed by atoms with Crippen molar-refractivity contribution in [2.45, 2.75) is 83.0 Å². The quantitative estimate of drug-likeness (QED) is 0.129. The summed E-state index contributed by atoms with van der Waals surface area (Å²) in [5.74, 6) is -0.262. The van der Waals surface area contributed by atoms with E-state index in [1.807, 2.05) is 91.0 Å². The number of benzene rings is 4. The van der Waals surface area contributed by atoms with Crippen LogP contribution in [0.3, 0.4) is 0 Å². The number of sulfonamides is 1. The number of carbonyl (C=O) groups is 1. The molecule has 5 aromatic rings. The van der Waals surface area contributed by atoms with Gasteiger partial charge in [-0.15, -0.1) is 11.3 Å². The Labute approximate surface area is 305 Å². The van der Waals surface area contributed by atoms with Gasteiger partial charge in [-0.1, -0.05) is 91.4 Å². The van der Waals surface area contributed by atoms with Crippen molar-refractivity contribution >= 4 is 48.0 Å². The number of ketones is 1. The van der Waals surface area contributed by atoms with Crippen LogP contribution in [0.4, 0.5) is 0 Å². The fourth-order valence-electron chi connectivity index (χ4n) is 8.63. The summed E-state index contributed by atoms with van der Waals surface area (Å²) in [6.07, 6.45) is 7.03. The lowest BCUT2D eigenvalue weighted by Crippen LogP contribution is -2.53. The average Bonchev–Trinajstić information content (AvgIpc) is 3.65. The average molecular weight is 722 g/mol. The van der Waals surface area contributed by atoms with E-state index in [1.165, 1.54) is 27.5 Å². The topological polar surface area (TPSA) is 94.9 Å². The number of hydrogen-bond acceptors (Lipinski definition) is 6. The molecule has 4 atom stereocenters. The Morgan fingerprint density at radius 1 is 0.941 bits per heavy atom. The van der Waals surface area contributed by atoms with Gasteiger partial charge in [0.15, 0.2) is 0 Å². The van der Waals surface area contributed by atoms with Crippen LogP contribution >= 0.6 is 11.3 Å². The lowest BCUT2D eigenvalue weighted by molar-refractivity contribution is -0.0730. The Balaban J connectivity index is 1.32. The van der Waals surface area contributed by atoms with E-state index < -0.39 is 27.1 Å². The van der Waals surface area contributed by atoms with E-state index in [4.69, 9.17) is 0 Å². The van der Waals surface area contributed by atoms with Crippen molar-refractivity contribution < 1.29 is 23.4 Å². The zero-order valence-corrected chi connectivity index (χ0v) is 31.3. The molecular weight excluding hydrogens is 675 g/mol. The summed E-state index contributed by atoms with van der Waals surface area (Å²) in [6.45, 7) is 4.29. The molecule has 0 spiro atoms. The summed E-state index contributed by atoms with van der Waals surface area (Å²) >= 11 is 1.48. The van der Waals surface area contributed by atoms with Gasteiger partial charge in [0.25, 0.3) is 0 Å². The lowest BCUT2D eigenvalue weighted by atomic mass is 9.65. The number of hydrogen-bond donors (Lipinski definition) is 2. The van der Waals surface area contributed by atoms with Crippen LogP contribution in [0.2, 0.25) is 0 Å². The number of thiophene rings is 1. The van der Waals surface area contributed by atoms with E-state index in [2.05, 4.69) is 19.9 Å². The number of aliphatic hydroxyl groups is 2. The van der Waals surface area contributed by atoms with Crippen molar-refractivity contribution in [2.24, 2.45) is 5.41 Å².